The van der Waals surface area contributed by atoms with Gasteiger partial charge in [0.05, 0.1) is 31.5 Å². The van der Waals surface area contributed by atoms with E-state index < -0.39 is 80.8 Å². The van der Waals surface area contributed by atoms with Gasteiger partial charge in [0, 0.05) is 12.1 Å². The summed E-state index contributed by atoms with van der Waals surface area (Å²) in [6.07, 6.45) is -8.45. The lowest BCUT2D eigenvalue weighted by Gasteiger charge is -2.45. The van der Waals surface area contributed by atoms with E-state index in [0.29, 0.717) is 6.42 Å². The van der Waals surface area contributed by atoms with Crippen molar-refractivity contribution in [2.24, 2.45) is 17.2 Å². The molecule has 12 atom stereocenters. The molecule has 0 spiro atoms. The van der Waals surface area contributed by atoms with Crippen molar-refractivity contribution < 1.29 is 49.6 Å². The third-order valence-corrected chi connectivity index (χ3v) is 5.42. The van der Waals surface area contributed by atoms with E-state index in [1.807, 2.05) is 0 Å². The van der Waals surface area contributed by atoms with E-state index in [2.05, 4.69) is 0 Å². The first-order chi connectivity index (χ1) is 14.1. The second-order valence-corrected chi connectivity index (χ2v) is 7.86. The zero-order valence-electron chi connectivity index (χ0n) is 16.8. The molecule has 2 aliphatic rings. The van der Waals surface area contributed by atoms with Crippen LogP contribution in [0.25, 0.3) is 0 Å². The first-order valence-corrected chi connectivity index (χ1v) is 9.91. The summed E-state index contributed by atoms with van der Waals surface area (Å²) < 4.78 is 21.9. The Hall–Kier alpha value is -0.520. The van der Waals surface area contributed by atoms with Gasteiger partial charge in [0.25, 0.3) is 6.48 Å². The molecular formula is C17H35N3O10. The molecule has 1 heterocycles. The highest BCUT2D eigenvalue weighted by atomic mass is 16.8. The van der Waals surface area contributed by atoms with Crippen molar-refractivity contribution in [1.29, 1.82) is 0 Å². The van der Waals surface area contributed by atoms with E-state index in [9.17, 15) is 30.6 Å². The smallest absolute Gasteiger partial charge is 0.269 e. The number of nitrogens with two attached hydrogens (primary N) is 3. The molecule has 2 fully saturated rings. The fourth-order valence-corrected chi connectivity index (χ4v) is 3.63. The SMILES string of the molecule is CC(O)[C@@H](CO)OC(O)OC1CC(N)CC(N)[C@H]1O[C@H]1OC(CO)[C@@H](O)C(O)C1N. The van der Waals surface area contributed by atoms with Gasteiger partial charge in [-0.1, -0.05) is 0 Å². The van der Waals surface area contributed by atoms with Crippen LogP contribution in [0.3, 0.4) is 0 Å². The number of aliphatic hydroxyl groups is 6. The van der Waals surface area contributed by atoms with E-state index in [4.69, 9.17) is 36.1 Å². The quantitative estimate of drug-likeness (QED) is 0.153. The van der Waals surface area contributed by atoms with Gasteiger partial charge in [-0.3, -0.25) is 0 Å². The summed E-state index contributed by atoms with van der Waals surface area (Å²) in [6.45, 7) is -1.55. The van der Waals surface area contributed by atoms with Crippen molar-refractivity contribution in [2.75, 3.05) is 13.2 Å². The second-order valence-electron chi connectivity index (χ2n) is 7.86. The van der Waals surface area contributed by atoms with Gasteiger partial charge in [0.2, 0.25) is 0 Å². The summed E-state index contributed by atoms with van der Waals surface area (Å²) in [6, 6.07) is -2.15. The normalized spacial score (nSPS) is 43.2. The summed E-state index contributed by atoms with van der Waals surface area (Å²) in [5.74, 6) is 0. The number of hydrogen-bond donors (Lipinski definition) is 9. The van der Waals surface area contributed by atoms with Crippen molar-refractivity contribution in [1.82, 2.24) is 0 Å². The maximum atomic E-state index is 10.1. The lowest BCUT2D eigenvalue weighted by atomic mass is 9.86. The average molecular weight is 441 g/mol. The molecule has 0 bridgehead atoms. The minimum atomic E-state index is -1.82. The summed E-state index contributed by atoms with van der Waals surface area (Å²) >= 11 is 0. The van der Waals surface area contributed by atoms with E-state index in [1.165, 1.54) is 6.92 Å². The minimum absolute atomic E-state index is 0.230. The maximum absolute atomic E-state index is 10.1. The van der Waals surface area contributed by atoms with E-state index in [-0.39, 0.29) is 12.5 Å². The monoisotopic (exact) mass is 441 g/mol. The average Bonchev–Trinajstić information content (AvgIpc) is 2.68. The summed E-state index contributed by atoms with van der Waals surface area (Å²) in [5.41, 5.74) is 18.1. The highest BCUT2D eigenvalue weighted by Crippen LogP contribution is 2.29. The van der Waals surface area contributed by atoms with Crippen LogP contribution in [0.5, 0.6) is 0 Å². The van der Waals surface area contributed by atoms with Crippen LogP contribution in [0.15, 0.2) is 0 Å². The van der Waals surface area contributed by atoms with Crippen molar-refractivity contribution in [3.8, 4) is 0 Å². The Labute approximate surface area is 174 Å². The van der Waals surface area contributed by atoms with Crippen LogP contribution in [-0.2, 0) is 18.9 Å². The van der Waals surface area contributed by atoms with Crippen molar-refractivity contribution >= 4 is 0 Å². The van der Waals surface area contributed by atoms with Gasteiger partial charge in [-0.2, -0.15) is 0 Å². The third-order valence-electron chi connectivity index (χ3n) is 5.42. The standard InChI is InChI=1S/C17H35N3O10/c1-6(23)10(4-21)29-17(26)28-9-3-7(18)2-8(19)15(9)30-16-12(20)14(25)13(24)11(5-22)27-16/h6-17,21-26H,2-5,18-20H2,1H3/t6?,7?,8?,9?,10-,11?,12?,13-,14?,15-,16-,17?/m1/s1. The molecule has 1 aliphatic heterocycles. The molecule has 13 heteroatoms. The van der Waals surface area contributed by atoms with Gasteiger partial charge in [-0.05, 0) is 19.8 Å². The molecular weight excluding hydrogens is 406 g/mol. The van der Waals surface area contributed by atoms with Crippen molar-refractivity contribution in [3.05, 3.63) is 0 Å². The Bertz CT molecular complexity index is 516. The molecule has 12 N–H and O–H groups in total. The fourth-order valence-electron chi connectivity index (χ4n) is 3.63. The Morgan fingerprint density at radius 2 is 1.73 bits per heavy atom. The molecule has 1 saturated carbocycles. The zero-order chi connectivity index (χ0) is 22.6. The van der Waals surface area contributed by atoms with Gasteiger partial charge >= 0.3 is 0 Å². The largest absolute Gasteiger partial charge is 0.394 e. The molecule has 0 aromatic heterocycles. The van der Waals surface area contributed by atoms with E-state index in [1.54, 1.807) is 0 Å². The summed E-state index contributed by atoms with van der Waals surface area (Å²) in [7, 11) is 0. The third kappa shape index (κ3) is 6.26. The van der Waals surface area contributed by atoms with Crippen LogP contribution < -0.4 is 17.2 Å². The highest BCUT2D eigenvalue weighted by Gasteiger charge is 2.47. The van der Waals surface area contributed by atoms with Crippen molar-refractivity contribution in [2.45, 2.75) is 93.4 Å². The van der Waals surface area contributed by atoms with Crippen LogP contribution in [0.1, 0.15) is 19.8 Å². The first-order valence-electron chi connectivity index (χ1n) is 9.91. The van der Waals surface area contributed by atoms with Gasteiger partial charge < -0.3 is 66.8 Å². The number of aliphatic hydroxyl groups excluding tert-OH is 6. The summed E-state index contributed by atoms with van der Waals surface area (Å²) in [5, 5.41) is 58.2. The summed E-state index contributed by atoms with van der Waals surface area (Å²) in [4.78, 5) is 0. The second kappa shape index (κ2) is 11.4. The molecule has 0 amide bonds. The predicted molar refractivity (Wildman–Crippen MR) is 100 cm³/mol. The van der Waals surface area contributed by atoms with Gasteiger partial charge in [-0.15, -0.1) is 0 Å². The lowest BCUT2D eigenvalue weighted by Crippen LogP contribution is -2.65. The molecule has 13 nitrogen and oxygen atoms in total. The molecule has 30 heavy (non-hydrogen) atoms. The molecule has 8 unspecified atom stereocenters. The number of hydrogen-bond acceptors (Lipinski definition) is 13. The van der Waals surface area contributed by atoms with Crippen LogP contribution in [0.4, 0.5) is 0 Å². The van der Waals surface area contributed by atoms with E-state index in [0.717, 1.165) is 0 Å². The van der Waals surface area contributed by atoms with Crippen LogP contribution in [-0.4, -0.2) is 117 Å². The van der Waals surface area contributed by atoms with Crippen LogP contribution >= 0.6 is 0 Å². The van der Waals surface area contributed by atoms with Gasteiger partial charge in [0.1, 0.15) is 30.5 Å². The van der Waals surface area contributed by atoms with Crippen LogP contribution in [0.2, 0.25) is 0 Å². The molecule has 0 radical (unpaired) electrons. The molecule has 1 saturated heterocycles. The van der Waals surface area contributed by atoms with Gasteiger partial charge in [-0.25, -0.2) is 0 Å². The molecule has 1 aliphatic carbocycles. The first kappa shape index (κ1) is 25.7. The van der Waals surface area contributed by atoms with Crippen LogP contribution in [0, 0.1) is 0 Å². The number of ether oxygens (including phenoxy) is 4. The van der Waals surface area contributed by atoms with E-state index >= 15 is 0 Å². The number of rotatable bonds is 9. The van der Waals surface area contributed by atoms with Crippen molar-refractivity contribution in [3.63, 3.8) is 0 Å². The van der Waals surface area contributed by atoms with Gasteiger partial charge in [0.15, 0.2) is 6.29 Å². The molecule has 0 aromatic rings. The predicted octanol–water partition coefficient (Wildman–Crippen LogP) is -4.99. The molecule has 178 valence electrons. The fraction of sp³-hybridized carbons (Fsp3) is 1.00. The Balaban J connectivity index is 2.08. The highest BCUT2D eigenvalue weighted by molar-refractivity contribution is 4.96. The Morgan fingerprint density at radius 3 is 2.30 bits per heavy atom. The molecule has 0 aromatic carbocycles. The molecule has 2 rings (SSSR count). The Kier molecular flexibility index (Phi) is 9.76. The topological polar surface area (TPSA) is 236 Å². The lowest BCUT2D eigenvalue weighted by molar-refractivity contribution is -0.339. The minimum Gasteiger partial charge on any atom is -0.394 e. The zero-order valence-corrected chi connectivity index (χ0v) is 16.8. The Morgan fingerprint density at radius 1 is 1.07 bits per heavy atom. The maximum Gasteiger partial charge on any atom is 0.269 e.